The van der Waals surface area contributed by atoms with Crippen molar-refractivity contribution >= 4 is 21.8 Å². The van der Waals surface area contributed by atoms with Gasteiger partial charge in [-0.3, -0.25) is 4.68 Å². The Hall–Kier alpha value is -2.63. The number of aliphatic hydroxyl groups is 1. The molecule has 0 radical (unpaired) electrons. The average Bonchev–Trinajstić information content (AvgIpc) is 3.33. The Morgan fingerprint density at radius 3 is 2.56 bits per heavy atom. The molecule has 0 unspecified atom stereocenters. The van der Waals surface area contributed by atoms with Crippen LogP contribution in [0.15, 0.2) is 36.5 Å². The maximum absolute atomic E-state index is 10.2. The van der Waals surface area contributed by atoms with E-state index in [0.29, 0.717) is 11.8 Å². The summed E-state index contributed by atoms with van der Waals surface area (Å²) in [6.45, 7) is 13.4. The van der Waals surface area contributed by atoms with Crippen molar-refractivity contribution in [1.82, 2.24) is 19.7 Å². The third-order valence-corrected chi connectivity index (χ3v) is 7.42. The zero-order valence-corrected chi connectivity index (χ0v) is 21.4. The van der Waals surface area contributed by atoms with Crippen molar-refractivity contribution < 1.29 is 5.11 Å². The molecule has 5 rings (SSSR count). The van der Waals surface area contributed by atoms with Gasteiger partial charge in [0.2, 0.25) is 0 Å². The van der Waals surface area contributed by atoms with E-state index in [0.717, 1.165) is 32.5 Å². The molecule has 2 aromatic carbocycles. The summed E-state index contributed by atoms with van der Waals surface area (Å²) in [6, 6.07) is 11.6. The lowest BCUT2D eigenvalue weighted by molar-refractivity contribution is 0.0282. The lowest BCUT2D eigenvalue weighted by atomic mass is 9.87. The fourth-order valence-electron chi connectivity index (χ4n) is 5.98. The summed E-state index contributed by atoms with van der Waals surface area (Å²) >= 11 is 0. The van der Waals surface area contributed by atoms with Crippen LogP contribution in [0.4, 0.5) is 0 Å². The number of nitrogens with one attached hydrogen (secondary N) is 1. The molecule has 1 aliphatic heterocycles. The lowest BCUT2D eigenvalue weighted by Crippen LogP contribution is -2.42. The summed E-state index contributed by atoms with van der Waals surface area (Å²) in [6.07, 6.45) is 4.26. The second-order valence-electron chi connectivity index (χ2n) is 11.2. The molecule has 180 valence electrons. The second-order valence-corrected chi connectivity index (χ2v) is 11.2. The number of aryl methyl sites for hydroxylation is 2. The number of hydrogen-bond acceptors (Lipinski definition) is 3. The summed E-state index contributed by atoms with van der Waals surface area (Å²) in [5.74, 6) is 0.993. The Morgan fingerprint density at radius 1 is 1.15 bits per heavy atom. The molecule has 34 heavy (non-hydrogen) atoms. The summed E-state index contributed by atoms with van der Waals surface area (Å²) in [5, 5.41) is 17.2. The first-order chi connectivity index (χ1) is 16.1. The highest BCUT2D eigenvalue weighted by molar-refractivity contribution is 5.94. The predicted octanol–water partition coefficient (Wildman–Crippen LogP) is 6.10. The summed E-state index contributed by atoms with van der Waals surface area (Å²) in [4.78, 5) is 6.16. The minimum Gasteiger partial charge on any atom is -0.389 e. The van der Waals surface area contributed by atoms with Gasteiger partial charge in [0.05, 0.1) is 17.3 Å². The van der Waals surface area contributed by atoms with E-state index in [2.05, 4.69) is 66.1 Å². The first kappa shape index (κ1) is 23.1. The number of nitrogens with zero attached hydrogens (tertiary/aromatic N) is 3. The van der Waals surface area contributed by atoms with Gasteiger partial charge >= 0.3 is 0 Å². The van der Waals surface area contributed by atoms with E-state index in [1.54, 1.807) is 0 Å². The van der Waals surface area contributed by atoms with Crippen LogP contribution in [0.3, 0.4) is 0 Å². The van der Waals surface area contributed by atoms with Crippen LogP contribution in [-0.2, 0) is 7.05 Å². The number of aromatic amines is 1. The standard InChI is InChI=1S/C29H38N4O/c1-18(2)26-24-15-21(20-9-11-33(12-10-20)17-29(4,5)34)7-8-25(24)31-27(26)22-13-19(3)28-23(14-22)16-30-32(28)6/h7-8,13-16,18,20,31,34H,9-12,17H2,1-6H3. The summed E-state index contributed by atoms with van der Waals surface area (Å²) in [7, 11) is 2.01. The third kappa shape index (κ3) is 4.27. The average molecular weight is 459 g/mol. The highest BCUT2D eigenvalue weighted by Crippen LogP contribution is 2.39. The molecule has 0 spiro atoms. The summed E-state index contributed by atoms with van der Waals surface area (Å²) in [5.41, 5.74) is 8.35. The molecular weight excluding hydrogens is 420 g/mol. The van der Waals surface area contributed by atoms with Crippen molar-refractivity contribution in [2.24, 2.45) is 7.05 Å². The molecule has 0 amide bonds. The van der Waals surface area contributed by atoms with Gasteiger partial charge in [0.1, 0.15) is 0 Å². The number of aromatic nitrogens is 3. The van der Waals surface area contributed by atoms with Gasteiger partial charge in [-0.05, 0) is 105 Å². The van der Waals surface area contributed by atoms with E-state index in [4.69, 9.17) is 0 Å². The van der Waals surface area contributed by atoms with Crippen molar-refractivity contribution in [3.63, 3.8) is 0 Å². The second kappa shape index (κ2) is 8.54. The number of likely N-dealkylation sites (tertiary alicyclic amines) is 1. The molecule has 0 aliphatic carbocycles. The Bertz CT molecular complexity index is 1330. The van der Waals surface area contributed by atoms with Crippen LogP contribution in [0, 0.1) is 6.92 Å². The minimum atomic E-state index is -0.628. The van der Waals surface area contributed by atoms with Crippen LogP contribution in [0.25, 0.3) is 33.1 Å². The SMILES string of the molecule is Cc1cc(-c2[nH]c3ccc(C4CCN(CC(C)(C)O)CC4)cc3c2C(C)C)cc2cnn(C)c12. The molecule has 4 aromatic rings. The molecule has 3 heterocycles. The van der Waals surface area contributed by atoms with E-state index in [-0.39, 0.29) is 0 Å². The zero-order valence-electron chi connectivity index (χ0n) is 21.4. The molecule has 1 aliphatic rings. The Labute approximate surface area is 202 Å². The van der Waals surface area contributed by atoms with E-state index < -0.39 is 5.60 Å². The van der Waals surface area contributed by atoms with Gasteiger partial charge in [-0.25, -0.2) is 0 Å². The molecular formula is C29H38N4O. The first-order valence-corrected chi connectivity index (χ1v) is 12.6. The number of benzene rings is 2. The van der Waals surface area contributed by atoms with Gasteiger partial charge < -0.3 is 15.0 Å². The quantitative estimate of drug-likeness (QED) is 0.380. The predicted molar refractivity (Wildman–Crippen MR) is 142 cm³/mol. The van der Waals surface area contributed by atoms with Crippen LogP contribution in [0.2, 0.25) is 0 Å². The maximum Gasteiger partial charge on any atom is 0.0718 e. The monoisotopic (exact) mass is 458 g/mol. The van der Waals surface area contributed by atoms with E-state index in [1.807, 2.05) is 31.8 Å². The van der Waals surface area contributed by atoms with Crippen molar-refractivity contribution in [3.05, 3.63) is 53.2 Å². The van der Waals surface area contributed by atoms with Gasteiger partial charge in [-0.15, -0.1) is 0 Å². The Morgan fingerprint density at radius 2 is 1.88 bits per heavy atom. The van der Waals surface area contributed by atoms with Gasteiger partial charge in [-0.2, -0.15) is 5.10 Å². The largest absolute Gasteiger partial charge is 0.389 e. The highest BCUT2D eigenvalue weighted by Gasteiger charge is 2.26. The van der Waals surface area contributed by atoms with Crippen LogP contribution in [0.1, 0.15) is 69.1 Å². The molecule has 1 fully saturated rings. The first-order valence-electron chi connectivity index (χ1n) is 12.6. The Balaban J connectivity index is 1.50. The number of piperidine rings is 1. The molecule has 0 bridgehead atoms. The zero-order chi connectivity index (χ0) is 24.2. The molecule has 5 nitrogen and oxygen atoms in total. The molecule has 5 heteroatoms. The van der Waals surface area contributed by atoms with Gasteiger partial charge in [0, 0.05) is 35.6 Å². The Kier molecular flexibility index (Phi) is 5.81. The van der Waals surface area contributed by atoms with E-state index in [9.17, 15) is 5.11 Å². The fourth-order valence-corrected chi connectivity index (χ4v) is 5.98. The number of hydrogen-bond donors (Lipinski definition) is 2. The topological polar surface area (TPSA) is 57.1 Å². The van der Waals surface area contributed by atoms with Crippen molar-refractivity contribution in [1.29, 1.82) is 0 Å². The van der Waals surface area contributed by atoms with Crippen molar-refractivity contribution in [2.75, 3.05) is 19.6 Å². The molecule has 0 saturated carbocycles. The van der Waals surface area contributed by atoms with Crippen LogP contribution >= 0.6 is 0 Å². The number of fused-ring (bicyclic) bond motifs is 2. The van der Waals surface area contributed by atoms with Gasteiger partial charge in [0.15, 0.2) is 0 Å². The van der Waals surface area contributed by atoms with Gasteiger partial charge in [-0.1, -0.05) is 19.9 Å². The molecule has 2 aromatic heterocycles. The van der Waals surface area contributed by atoms with Gasteiger partial charge in [0.25, 0.3) is 0 Å². The number of H-pyrrole nitrogens is 1. The highest BCUT2D eigenvalue weighted by atomic mass is 16.3. The van der Waals surface area contributed by atoms with Crippen LogP contribution in [0.5, 0.6) is 0 Å². The van der Waals surface area contributed by atoms with Crippen LogP contribution < -0.4 is 0 Å². The minimum absolute atomic E-state index is 0.414. The smallest absolute Gasteiger partial charge is 0.0718 e. The van der Waals surface area contributed by atoms with E-state index >= 15 is 0 Å². The summed E-state index contributed by atoms with van der Waals surface area (Å²) < 4.78 is 1.96. The number of β-amino-alcohol motifs (C(OH)–C–C–N with tert-alkyl or cyclic N) is 1. The van der Waals surface area contributed by atoms with Crippen molar-refractivity contribution in [3.8, 4) is 11.3 Å². The maximum atomic E-state index is 10.2. The third-order valence-electron chi connectivity index (χ3n) is 7.42. The van der Waals surface area contributed by atoms with E-state index in [1.165, 1.54) is 49.8 Å². The normalized spacial score (nSPS) is 16.4. The molecule has 1 saturated heterocycles. The molecule has 2 N–H and O–H groups in total. The molecule has 0 atom stereocenters. The fraction of sp³-hybridized carbons (Fsp3) is 0.483. The number of rotatable bonds is 5. The van der Waals surface area contributed by atoms with Crippen molar-refractivity contribution in [2.45, 2.75) is 64.9 Å². The lowest BCUT2D eigenvalue weighted by Gasteiger charge is -2.35. The van der Waals surface area contributed by atoms with Crippen LogP contribution in [-0.4, -0.2) is 50.0 Å².